The van der Waals surface area contributed by atoms with Gasteiger partial charge in [0.05, 0.1) is 0 Å². The van der Waals surface area contributed by atoms with Gasteiger partial charge in [-0.1, -0.05) is 23.4 Å². The van der Waals surface area contributed by atoms with Crippen LogP contribution >= 0.6 is 24.0 Å². The average molecular weight is 453 g/mol. The Kier molecular flexibility index (Phi) is 6.28. The molecule has 1 N–H and O–H groups in total. The summed E-state index contributed by atoms with van der Waals surface area (Å²) in [5.74, 6) is 2.83. The molecule has 6 nitrogen and oxygen atoms in total. The number of guanidine groups is 1. The largest absolute Gasteiger partial charge is 0.343 e. The molecule has 0 radical (unpaired) electrons. The number of aliphatic imine (C=N–C) groups is 1. The van der Waals surface area contributed by atoms with Gasteiger partial charge >= 0.3 is 0 Å². The molecule has 4 rings (SSSR count). The summed E-state index contributed by atoms with van der Waals surface area (Å²) in [5, 5.41) is 7.51. The van der Waals surface area contributed by atoms with Crippen LogP contribution in [-0.2, 0) is 6.54 Å². The topological polar surface area (TPSA) is 66.5 Å². The molecule has 0 atom stereocenters. The van der Waals surface area contributed by atoms with E-state index in [-0.39, 0.29) is 24.0 Å². The van der Waals surface area contributed by atoms with E-state index in [0.29, 0.717) is 18.3 Å². The van der Waals surface area contributed by atoms with Crippen LogP contribution < -0.4 is 5.32 Å². The van der Waals surface area contributed by atoms with Gasteiger partial charge in [-0.05, 0) is 44.2 Å². The predicted octanol–water partition coefficient (Wildman–Crippen LogP) is 4.02. The summed E-state index contributed by atoms with van der Waals surface area (Å²) in [5.41, 5.74) is 1.05. The molecule has 2 fully saturated rings. The SMILES string of the molecule is I.c1ccc(NC(=NCc2noc(C3CC3)n2)N2CCCCC2)cc1. The quantitative estimate of drug-likeness (QED) is 0.431. The van der Waals surface area contributed by atoms with E-state index in [9.17, 15) is 0 Å². The van der Waals surface area contributed by atoms with Crippen LogP contribution in [-0.4, -0.2) is 34.1 Å². The summed E-state index contributed by atoms with van der Waals surface area (Å²) in [6.45, 7) is 2.53. The summed E-state index contributed by atoms with van der Waals surface area (Å²) in [4.78, 5) is 11.5. The number of anilines is 1. The van der Waals surface area contributed by atoms with Crippen molar-refractivity contribution in [1.29, 1.82) is 0 Å². The van der Waals surface area contributed by atoms with Gasteiger partial charge in [0.2, 0.25) is 5.89 Å². The van der Waals surface area contributed by atoms with Crippen LogP contribution in [0.3, 0.4) is 0 Å². The second kappa shape index (κ2) is 8.64. The van der Waals surface area contributed by atoms with Crippen molar-refractivity contribution in [1.82, 2.24) is 15.0 Å². The van der Waals surface area contributed by atoms with E-state index in [2.05, 4.69) is 32.5 Å². The Morgan fingerprint density at radius 3 is 2.64 bits per heavy atom. The van der Waals surface area contributed by atoms with Gasteiger partial charge in [0, 0.05) is 24.7 Å². The smallest absolute Gasteiger partial charge is 0.229 e. The molecular weight excluding hydrogens is 429 g/mol. The highest BCUT2D eigenvalue weighted by Gasteiger charge is 2.29. The van der Waals surface area contributed by atoms with Gasteiger partial charge in [-0.3, -0.25) is 0 Å². The minimum Gasteiger partial charge on any atom is -0.343 e. The lowest BCUT2D eigenvalue weighted by molar-refractivity contribution is 0.340. The minimum atomic E-state index is 0. The van der Waals surface area contributed by atoms with Gasteiger partial charge in [-0.2, -0.15) is 4.98 Å². The molecule has 0 unspecified atom stereocenters. The first kappa shape index (κ1) is 18.2. The monoisotopic (exact) mass is 453 g/mol. The Balaban J connectivity index is 0.00000182. The van der Waals surface area contributed by atoms with Gasteiger partial charge in [0.1, 0.15) is 6.54 Å². The average Bonchev–Trinajstić information content (AvgIpc) is 3.39. The van der Waals surface area contributed by atoms with E-state index >= 15 is 0 Å². The third-order valence-corrected chi connectivity index (χ3v) is 4.47. The van der Waals surface area contributed by atoms with E-state index in [0.717, 1.165) is 30.6 Å². The van der Waals surface area contributed by atoms with Crippen LogP contribution in [0, 0.1) is 0 Å². The molecule has 0 spiro atoms. The summed E-state index contributed by atoms with van der Waals surface area (Å²) in [7, 11) is 0. The fourth-order valence-electron chi connectivity index (χ4n) is 2.95. The molecule has 2 heterocycles. The number of para-hydroxylation sites is 1. The first-order chi connectivity index (χ1) is 11.9. The van der Waals surface area contributed by atoms with E-state index in [1.54, 1.807) is 0 Å². The number of halogens is 1. The second-order valence-corrected chi connectivity index (χ2v) is 6.50. The summed E-state index contributed by atoms with van der Waals surface area (Å²) < 4.78 is 5.32. The molecule has 1 saturated carbocycles. The van der Waals surface area contributed by atoms with Crippen molar-refractivity contribution in [2.24, 2.45) is 4.99 Å². The summed E-state index contributed by atoms with van der Waals surface area (Å²) >= 11 is 0. The number of benzene rings is 1. The molecule has 0 amide bonds. The van der Waals surface area contributed by atoms with Gasteiger partial charge in [-0.25, -0.2) is 4.99 Å². The molecule has 25 heavy (non-hydrogen) atoms. The zero-order valence-corrected chi connectivity index (χ0v) is 16.6. The summed E-state index contributed by atoms with van der Waals surface area (Å²) in [6, 6.07) is 10.2. The minimum absolute atomic E-state index is 0. The van der Waals surface area contributed by atoms with Crippen molar-refractivity contribution in [2.45, 2.75) is 44.6 Å². The van der Waals surface area contributed by atoms with Gasteiger partial charge in [-0.15, -0.1) is 24.0 Å². The molecule has 7 heteroatoms. The first-order valence-corrected chi connectivity index (χ1v) is 8.82. The maximum Gasteiger partial charge on any atom is 0.229 e. The van der Waals surface area contributed by atoms with Crippen LogP contribution in [0.25, 0.3) is 0 Å². The molecule has 0 bridgehead atoms. The molecule has 134 valence electrons. The maximum atomic E-state index is 5.32. The number of hydrogen-bond donors (Lipinski definition) is 1. The zero-order chi connectivity index (χ0) is 16.2. The fourth-order valence-corrected chi connectivity index (χ4v) is 2.95. The number of nitrogens with zero attached hydrogens (tertiary/aromatic N) is 4. The fraction of sp³-hybridized carbons (Fsp3) is 0.500. The molecule has 1 aliphatic heterocycles. The Morgan fingerprint density at radius 1 is 1.16 bits per heavy atom. The highest BCUT2D eigenvalue weighted by molar-refractivity contribution is 14.0. The molecule has 1 aliphatic carbocycles. The predicted molar refractivity (Wildman–Crippen MR) is 108 cm³/mol. The van der Waals surface area contributed by atoms with E-state index in [1.807, 2.05) is 18.2 Å². The van der Waals surface area contributed by atoms with Crippen molar-refractivity contribution in [2.75, 3.05) is 18.4 Å². The number of hydrogen-bond acceptors (Lipinski definition) is 4. The molecular formula is C18H24IN5O. The summed E-state index contributed by atoms with van der Waals surface area (Å²) in [6.07, 6.45) is 6.05. The molecule has 2 aliphatic rings. The van der Waals surface area contributed by atoms with Gasteiger partial charge in [0.15, 0.2) is 11.8 Å². The van der Waals surface area contributed by atoms with E-state index in [1.165, 1.54) is 32.1 Å². The maximum absolute atomic E-state index is 5.32. The van der Waals surface area contributed by atoms with Crippen molar-refractivity contribution >= 4 is 35.6 Å². The normalized spacial score (nSPS) is 17.9. The Hall–Kier alpha value is -1.64. The standard InChI is InChI=1S/C18H23N5O.HI/c1-3-7-15(8-4-1)20-18(23-11-5-2-6-12-23)19-13-16-21-17(24-22-16)14-9-10-14;/h1,3-4,7-8,14H,2,5-6,9-13H2,(H,19,20);1H. The van der Waals surface area contributed by atoms with E-state index < -0.39 is 0 Å². The third kappa shape index (κ3) is 4.93. The van der Waals surface area contributed by atoms with Gasteiger partial charge < -0.3 is 14.7 Å². The number of aromatic nitrogens is 2. The highest BCUT2D eigenvalue weighted by atomic mass is 127. The van der Waals surface area contributed by atoms with Crippen LogP contribution in [0.5, 0.6) is 0 Å². The lowest BCUT2D eigenvalue weighted by Crippen LogP contribution is -2.40. The second-order valence-electron chi connectivity index (χ2n) is 6.50. The number of nitrogens with one attached hydrogen (secondary N) is 1. The van der Waals surface area contributed by atoms with Crippen LogP contribution in [0.4, 0.5) is 5.69 Å². The van der Waals surface area contributed by atoms with Crippen molar-refractivity contribution in [3.05, 3.63) is 42.0 Å². The van der Waals surface area contributed by atoms with E-state index in [4.69, 9.17) is 9.52 Å². The lowest BCUT2D eigenvalue weighted by atomic mass is 10.1. The van der Waals surface area contributed by atoms with Crippen LogP contribution in [0.15, 0.2) is 39.8 Å². The molecule has 2 aromatic rings. The highest BCUT2D eigenvalue weighted by Crippen LogP contribution is 2.38. The van der Waals surface area contributed by atoms with Crippen molar-refractivity contribution in [3.63, 3.8) is 0 Å². The lowest BCUT2D eigenvalue weighted by Gasteiger charge is -2.30. The zero-order valence-electron chi connectivity index (χ0n) is 14.2. The number of piperidine rings is 1. The Labute approximate surface area is 165 Å². The first-order valence-electron chi connectivity index (χ1n) is 8.82. The molecule has 1 saturated heterocycles. The van der Waals surface area contributed by atoms with Crippen LogP contribution in [0.1, 0.15) is 49.7 Å². The Morgan fingerprint density at radius 2 is 1.92 bits per heavy atom. The number of rotatable bonds is 4. The van der Waals surface area contributed by atoms with Crippen molar-refractivity contribution in [3.8, 4) is 0 Å². The van der Waals surface area contributed by atoms with Gasteiger partial charge in [0.25, 0.3) is 0 Å². The third-order valence-electron chi connectivity index (χ3n) is 4.47. The van der Waals surface area contributed by atoms with Crippen LogP contribution in [0.2, 0.25) is 0 Å². The number of likely N-dealkylation sites (tertiary alicyclic amines) is 1. The molecule has 1 aromatic carbocycles. The molecule has 1 aromatic heterocycles. The Bertz CT molecular complexity index is 693. The van der Waals surface area contributed by atoms with Crippen molar-refractivity contribution < 1.29 is 4.52 Å².